The molecule has 4 heteroatoms. The van der Waals surface area contributed by atoms with Crippen molar-refractivity contribution in [1.82, 2.24) is 4.72 Å². The first-order chi connectivity index (χ1) is 3.69. The van der Waals surface area contributed by atoms with Gasteiger partial charge < -0.3 is 9.83 Å². The Balaban J connectivity index is 2.46. The monoisotopic (exact) mass is 133 g/mol. The Hall–Kier alpha value is -0.220. The van der Waals surface area contributed by atoms with Crippen LogP contribution in [0.2, 0.25) is 0 Å². The highest BCUT2D eigenvalue weighted by Crippen LogP contribution is 2.34. The summed E-state index contributed by atoms with van der Waals surface area (Å²) in [5.41, 5.74) is -1.07. The fourth-order valence-corrected chi connectivity index (χ4v) is 0.658. The van der Waals surface area contributed by atoms with Crippen molar-refractivity contribution >= 4 is 18.7 Å². The summed E-state index contributed by atoms with van der Waals surface area (Å²) in [4.78, 5) is 10.5. The van der Waals surface area contributed by atoms with Crippen LogP contribution in [-0.2, 0) is 4.79 Å². The SMILES string of the molecule is O=C(NS)C1(O)CC1. The quantitative estimate of drug-likeness (QED) is 0.421. The second-order valence-electron chi connectivity index (χ2n) is 1.97. The molecule has 1 rings (SSSR count). The lowest BCUT2D eigenvalue weighted by Crippen LogP contribution is -2.30. The fraction of sp³-hybridized carbons (Fsp3) is 0.750. The van der Waals surface area contributed by atoms with Crippen LogP contribution in [0.5, 0.6) is 0 Å². The molecule has 1 saturated carbocycles. The third kappa shape index (κ3) is 0.809. The Bertz CT molecular complexity index is 121. The third-order valence-corrected chi connectivity index (χ3v) is 1.45. The van der Waals surface area contributed by atoms with Gasteiger partial charge in [0.15, 0.2) is 0 Å². The molecule has 0 unspecified atom stereocenters. The standard InChI is InChI=1S/C4H7NO2S/c6-3(5-8)4(7)1-2-4/h7-8H,1-2H2,(H,5,6). The average molecular weight is 133 g/mol. The molecule has 0 saturated heterocycles. The normalized spacial score (nSPS) is 22.2. The summed E-state index contributed by atoms with van der Waals surface area (Å²) in [7, 11) is 0. The summed E-state index contributed by atoms with van der Waals surface area (Å²) in [5, 5.41) is 8.94. The summed E-state index contributed by atoms with van der Waals surface area (Å²) in [5.74, 6) is -0.388. The lowest BCUT2D eigenvalue weighted by Gasteiger charge is -2.01. The van der Waals surface area contributed by atoms with Crippen LogP contribution in [0.25, 0.3) is 0 Å². The Kier molecular flexibility index (Phi) is 1.21. The average Bonchev–Trinajstić information content (AvgIpc) is 2.47. The lowest BCUT2D eigenvalue weighted by atomic mass is 10.3. The van der Waals surface area contributed by atoms with Gasteiger partial charge in [-0.25, -0.2) is 0 Å². The summed E-state index contributed by atoms with van der Waals surface area (Å²) in [6.45, 7) is 0. The number of rotatable bonds is 1. The zero-order valence-electron chi connectivity index (χ0n) is 4.22. The van der Waals surface area contributed by atoms with Crippen molar-refractivity contribution in [3.05, 3.63) is 0 Å². The van der Waals surface area contributed by atoms with Crippen LogP contribution in [0.3, 0.4) is 0 Å². The smallest absolute Gasteiger partial charge is 0.261 e. The Morgan fingerprint density at radius 2 is 2.25 bits per heavy atom. The molecule has 2 N–H and O–H groups in total. The molecule has 1 aliphatic rings. The van der Waals surface area contributed by atoms with Gasteiger partial charge in [-0.15, -0.1) is 0 Å². The van der Waals surface area contributed by atoms with Crippen LogP contribution < -0.4 is 4.72 Å². The molecule has 0 aromatic heterocycles. The van der Waals surface area contributed by atoms with Crippen LogP contribution in [0.1, 0.15) is 12.8 Å². The van der Waals surface area contributed by atoms with Crippen LogP contribution >= 0.6 is 12.8 Å². The number of aliphatic hydroxyl groups is 1. The van der Waals surface area contributed by atoms with Gasteiger partial charge in [0, 0.05) is 0 Å². The van der Waals surface area contributed by atoms with Crippen LogP contribution in [0, 0.1) is 0 Å². The summed E-state index contributed by atoms with van der Waals surface area (Å²) in [6.07, 6.45) is 1.14. The molecule has 46 valence electrons. The van der Waals surface area contributed by atoms with E-state index >= 15 is 0 Å². The van der Waals surface area contributed by atoms with Gasteiger partial charge in [-0.2, -0.15) is 0 Å². The van der Waals surface area contributed by atoms with Gasteiger partial charge >= 0.3 is 0 Å². The van der Waals surface area contributed by atoms with Gasteiger partial charge in [0.2, 0.25) is 0 Å². The molecule has 0 spiro atoms. The van der Waals surface area contributed by atoms with E-state index in [1.54, 1.807) is 0 Å². The first kappa shape index (κ1) is 5.91. The van der Waals surface area contributed by atoms with Crippen molar-refractivity contribution in [2.45, 2.75) is 18.4 Å². The predicted octanol–water partition coefficient (Wildman–Crippen LogP) is -0.528. The fourth-order valence-electron chi connectivity index (χ4n) is 0.450. The van der Waals surface area contributed by atoms with E-state index in [-0.39, 0.29) is 5.91 Å². The van der Waals surface area contributed by atoms with E-state index in [0.717, 1.165) is 0 Å². The highest BCUT2D eigenvalue weighted by molar-refractivity contribution is 7.78. The van der Waals surface area contributed by atoms with Gasteiger partial charge in [-0.3, -0.25) is 4.79 Å². The number of amides is 1. The molecule has 1 aliphatic carbocycles. The van der Waals surface area contributed by atoms with E-state index < -0.39 is 5.60 Å². The van der Waals surface area contributed by atoms with E-state index in [4.69, 9.17) is 5.11 Å². The van der Waals surface area contributed by atoms with Crippen molar-refractivity contribution in [2.24, 2.45) is 0 Å². The Labute approximate surface area is 52.6 Å². The number of hydrogen-bond acceptors (Lipinski definition) is 3. The van der Waals surface area contributed by atoms with Crippen molar-refractivity contribution in [3.8, 4) is 0 Å². The third-order valence-electron chi connectivity index (χ3n) is 1.25. The molecule has 8 heavy (non-hydrogen) atoms. The molecular formula is C4H7NO2S. The van der Waals surface area contributed by atoms with E-state index in [1.165, 1.54) is 0 Å². The zero-order valence-corrected chi connectivity index (χ0v) is 5.11. The van der Waals surface area contributed by atoms with Crippen LogP contribution in [0.15, 0.2) is 0 Å². The Morgan fingerprint density at radius 1 is 1.75 bits per heavy atom. The van der Waals surface area contributed by atoms with E-state index in [0.29, 0.717) is 12.8 Å². The summed E-state index contributed by atoms with van der Waals surface area (Å²) in [6, 6.07) is 0. The van der Waals surface area contributed by atoms with Crippen molar-refractivity contribution in [3.63, 3.8) is 0 Å². The van der Waals surface area contributed by atoms with Crippen molar-refractivity contribution in [2.75, 3.05) is 0 Å². The molecule has 1 fully saturated rings. The number of carbonyl (C=O) groups is 1. The van der Waals surface area contributed by atoms with E-state index in [9.17, 15) is 4.79 Å². The van der Waals surface area contributed by atoms with Gasteiger partial charge in [0.05, 0.1) is 0 Å². The minimum atomic E-state index is -1.07. The van der Waals surface area contributed by atoms with Gasteiger partial charge in [0.25, 0.3) is 5.91 Å². The Morgan fingerprint density at radius 3 is 2.38 bits per heavy atom. The van der Waals surface area contributed by atoms with Crippen LogP contribution in [-0.4, -0.2) is 16.6 Å². The molecule has 1 amide bonds. The first-order valence-electron chi connectivity index (χ1n) is 2.36. The minimum Gasteiger partial charge on any atom is -0.380 e. The van der Waals surface area contributed by atoms with Crippen molar-refractivity contribution < 1.29 is 9.90 Å². The van der Waals surface area contributed by atoms with Crippen molar-refractivity contribution in [1.29, 1.82) is 0 Å². The second kappa shape index (κ2) is 1.63. The number of carbonyl (C=O) groups excluding carboxylic acids is 1. The lowest BCUT2D eigenvalue weighted by molar-refractivity contribution is -0.129. The highest BCUT2D eigenvalue weighted by atomic mass is 32.1. The predicted molar refractivity (Wildman–Crippen MR) is 31.3 cm³/mol. The molecule has 0 aromatic carbocycles. The van der Waals surface area contributed by atoms with E-state index in [2.05, 4.69) is 17.5 Å². The van der Waals surface area contributed by atoms with E-state index in [1.807, 2.05) is 0 Å². The number of hydrogen-bond donors (Lipinski definition) is 3. The maximum Gasteiger partial charge on any atom is 0.261 e. The largest absolute Gasteiger partial charge is 0.380 e. The van der Waals surface area contributed by atoms with Gasteiger partial charge in [-0.05, 0) is 12.8 Å². The molecule has 0 atom stereocenters. The highest BCUT2D eigenvalue weighted by Gasteiger charge is 2.47. The number of thiol groups is 1. The molecular weight excluding hydrogens is 126 g/mol. The number of nitrogens with one attached hydrogen (secondary N) is 1. The summed E-state index contributed by atoms with van der Waals surface area (Å²) < 4.78 is 2.07. The second-order valence-corrected chi connectivity index (χ2v) is 2.20. The molecule has 0 bridgehead atoms. The topological polar surface area (TPSA) is 49.3 Å². The molecule has 0 aliphatic heterocycles. The van der Waals surface area contributed by atoms with Gasteiger partial charge in [-0.1, -0.05) is 12.8 Å². The van der Waals surface area contributed by atoms with Gasteiger partial charge in [0.1, 0.15) is 5.60 Å². The zero-order chi connectivity index (χ0) is 6.20. The first-order valence-corrected chi connectivity index (χ1v) is 2.81. The molecule has 3 nitrogen and oxygen atoms in total. The van der Waals surface area contributed by atoms with Crippen LogP contribution in [0.4, 0.5) is 0 Å². The molecule has 0 aromatic rings. The minimum absolute atomic E-state index is 0.388. The summed E-state index contributed by atoms with van der Waals surface area (Å²) >= 11 is 3.49. The molecule has 0 radical (unpaired) electrons. The maximum atomic E-state index is 10.5. The maximum absolute atomic E-state index is 10.5. The molecule has 0 heterocycles.